The number of Topliss-reactive ketones (excluding diaryl/α,β-unsaturated/α-hetero) is 1. The van der Waals surface area contributed by atoms with Crippen molar-refractivity contribution >= 4 is 11.7 Å². The number of hydrogen-bond donors (Lipinski definition) is 1. The molecule has 0 aromatic carbocycles. The molecule has 0 radical (unpaired) electrons. The van der Waals surface area contributed by atoms with Crippen LogP contribution in [0.15, 0.2) is 0 Å². The molecule has 0 bridgehead atoms. The van der Waals surface area contributed by atoms with Gasteiger partial charge in [-0.3, -0.25) is 9.59 Å². The first kappa shape index (κ1) is 27.1. The van der Waals surface area contributed by atoms with E-state index >= 15 is 0 Å². The van der Waals surface area contributed by atoms with Crippen LogP contribution < -0.4 is 5.32 Å². The Kier molecular flexibility index (Phi) is 18.9. The van der Waals surface area contributed by atoms with Crippen LogP contribution in [0.3, 0.4) is 0 Å². The average Bonchev–Trinajstić information content (AvgIpc) is 2.64. The maximum absolute atomic E-state index is 12.0. The number of rotatable bonds is 20. The topological polar surface area (TPSA) is 46.2 Å². The molecule has 0 heterocycles. The zero-order valence-corrected chi connectivity index (χ0v) is 19.5. The van der Waals surface area contributed by atoms with Gasteiger partial charge in [-0.05, 0) is 25.7 Å². The van der Waals surface area contributed by atoms with Crippen molar-refractivity contribution in [3.8, 4) is 0 Å². The molecule has 0 saturated heterocycles. The second-order valence-corrected chi connectivity index (χ2v) is 9.06. The van der Waals surface area contributed by atoms with Crippen molar-refractivity contribution < 1.29 is 9.59 Å². The lowest BCUT2D eigenvalue weighted by Gasteiger charge is -2.17. The Balaban J connectivity index is 3.40. The molecule has 0 fully saturated rings. The molecule has 0 aliphatic rings. The van der Waals surface area contributed by atoms with Gasteiger partial charge < -0.3 is 5.32 Å². The van der Waals surface area contributed by atoms with Gasteiger partial charge in [-0.1, -0.05) is 111 Å². The first-order chi connectivity index (χ1) is 13.5. The van der Waals surface area contributed by atoms with Crippen LogP contribution in [0.5, 0.6) is 0 Å². The second-order valence-electron chi connectivity index (χ2n) is 9.06. The van der Waals surface area contributed by atoms with E-state index in [2.05, 4.69) is 26.1 Å². The quantitative estimate of drug-likeness (QED) is 0.219. The molecular formula is C25H49NO2. The number of carbonyl (C=O) groups excluding carboxylic acids is 2. The highest BCUT2D eigenvalue weighted by atomic mass is 16.2. The summed E-state index contributed by atoms with van der Waals surface area (Å²) in [6.07, 6.45) is 21.2. The molecule has 0 aliphatic carbocycles. The third kappa shape index (κ3) is 18.5. The highest BCUT2D eigenvalue weighted by Crippen LogP contribution is 2.14. The summed E-state index contributed by atoms with van der Waals surface area (Å²) in [6, 6.07) is -0.302. The molecule has 3 heteroatoms. The summed E-state index contributed by atoms with van der Waals surface area (Å²) in [7, 11) is 0. The molecule has 1 amide bonds. The largest absolute Gasteiger partial charge is 0.346 e. The molecule has 28 heavy (non-hydrogen) atoms. The fourth-order valence-electron chi connectivity index (χ4n) is 3.72. The third-order valence-electron chi connectivity index (χ3n) is 5.54. The average molecular weight is 396 g/mol. The molecule has 1 atom stereocenters. The molecule has 0 aromatic rings. The van der Waals surface area contributed by atoms with Gasteiger partial charge in [0.25, 0.3) is 0 Å². The fraction of sp³-hybridized carbons (Fsp3) is 0.920. The molecule has 166 valence electrons. The lowest BCUT2D eigenvalue weighted by molar-refractivity contribution is -0.127. The maximum atomic E-state index is 12.0. The number of unbranched alkanes of at least 4 members (excludes halogenated alkanes) is 14. The van der Waals surface area contributed by atoms with E-state index in [4.69, 9.17) is 0 Å². The van der Waals surface area contributed by atoms with E-state index in [1.807, 2.05) is 0 Å². The summed E-state index contributed by atoms with van der Waals surface area (Å²) >= 11 is 0. The van der Waals surface area contributed by atoms with Crippen LogP contribution in [-0.2, 0) is 9.59 Å². The van der Waals surface area contributed by atoms with E-state index in [1.165, 1.54) is 83.5 Å². The molecule has 0 aliphatic heterocycles. The molecule has 0 spiro atoms. The Hall–Kier alpha value is -0.860. The monoisotopic (exact) mass is 395 g/mol. The molecule has 3 nitrogen and oxygen atoms in total. The van der Waals surface area contributed by atoms with Crippen LogP contribution in [0.4, 0.5) is 0 Å². The van der Waals surface area contributed by atoms with Gasteiger partial charge in [0, 0.05) is 6.42 Å². The Morgan fingerprint density at radius 2 is 1.07 bits per heavy atom. The molecule has 0 saturated carbocycles. The number of ketones is 1. The lowest BCUT2D eigenvalue weighted by Crippen LogP contribution is -2.40. The molecule has 0 rings (SSSR count). The summed E-state index contributed by atoms with van der Waals surface area (Å²) in [6.45, 7) is 8.00. The molecular weight excluding hydrogens is 346 g/mol. The van der Waals surface area contributed by atoms with Crippen molar-refractivity contribution in [3.63, 3.8) is 0 Å². The van der Waals surface area contributed by atoms with Gasteiger partial charge in [-0.2, -0.15) is 0 Å². The van der Waals surface area contributed by atoms with Gasteiger partial charge in [0.1, 0.15) is 0 Å². The number of nitrogens with one attached hydrogen (secondary N) is 1. The van der Waals surface area contributed by atoms with Crippen LogP contribution >= 0.6 is 0 Å². The number of carbonyl (C=O) groups is 2. The Labute approximate surface area is 175 Å². The van der Waals surface area contributed by atoms with Gasteiger partial charge >= 0.3 is 0 Å². The van der Waals surface area contributed by atoms with Gasteiger partial charge in [0.15, 0.2) is 5.78 Å². The summed E-state index contributed by atoms with van der Waals surface area (Å²) in [5.41, 5.74) is 0. The van der Waals surface area contributed by atoms with E-state index in [9.17, 15) is 9.59 Å². The van der Waals surface area contributed by atoms with Crippen LogP contribution in [0.1, 0.15) is 137 Å². The molecule has 0 aromatic heterocycles. The van der Waals surface area contributed by atoms with Gasteiger partial charge in [0.2, 0.25) is 5.91 Å². The maximum Gasteiger partial charge on any atom is 0.220 e. The standard InChI is InChI=1S/C25H49NO2/c1-5-6-7-8-9-10-11-12-13-14-15-16-17-18-19-20-25(28)26-24(23(4)27)21-22(2)3/h22,24H,5-21H2,1-4H3,(H,26,28)/t24-/m0/s1. The smallest absolute Gasteiger partial charge is 0.220 e. The predicted molar refractivity (Wildman–Crippen MR) is 122 cm³/mol. The fourth-order valence-corrected chi connectivity index (χ4v) is 3.72. The Bertz CT molecular complexity index is 379. The zero-order chi connectivity index (χ0) is 21.0. The van der Waals surface area contributed by atoms with Crippen molar-refractivity contribution in [2.45, 2.75) is 143 Å². The lowest BCUT2D eigenvalue weighted by atomic mass is 10.0. The highest BCUT2D eigenvalue weighted by Gasteiger charge is 2.17. The van der Waals surface area contributed by atoms with Crippen LogP contribution in [0, 0.1) is 5.92 Å². The first-order valence-corrected chi connectivity index (χ1v) is 12.3. The van der Waals surface area contributed by atoms with Gasteiger partial charge in [-0.25, -0.2) is 0 Å². The number of hydrogen-bond acceptors (Lipinski definition) is 2. The second kappa shape index (κ2) is 19.5. The zero-order valence-electron chi connectivity index (χ0n) is 19.5. The van der Waals surface area contributed by atoms with E-state index in [1.54, 1.807) is 6.92 Å². The highest BCUT2D eigenvalue weighted by molar-refractivity contribution is 5.87. The van der Waals surface area contributed by atoms with E-state index in [0.717, 1.165) is 19.3 Å². The van der Waals surface area contributed by atoms with Crippen molar-refractivity contribution in [3.05, 3.63) is 0 Å². The minimum absolute atomic E-state index is 0.0375. The summed E-state index contributed by atoms with van der Waals surface area (Å²) in [5.74, 6) is 0.522. The SMILES string of the molecule is CCCCCCCCCCCCCCCCCC(=O)N[C@@H](CC(C)C)C(C)=O. The number of amides is 1. The molecule has 0 unspecified atom stereocenters. The van der Waals surface area contributed by atoms with Crippen molar-refractivity contribution in [2.75, 3.05) is 0 Å². The van der Waals surface area contributed by atoms with Gasteiger partial charge in [0.05, 0.1) is 6.04 Å². The Morgan fingerprint density at radius 3 is 1.43 bits per heavy atom. The van der Waals surface area contributed by atoms with Gasteiger partial charge in [-0.15, -0.1) is 0 Å². The van der Waals surface area contributed by atoms with Crippen molar-refractivity contribution in [1.82, 2.24) is 5.32 Å². The first-order valence-electron chi connectivity index (χ1n) is 12.3. The third-order valence-corrected chi connectivity index (χ3v) is 5.54. The van der Waals surface area contributed by atoms with Crippen LogP contribution in [-0.4, -0.2) is 17.7 Å². The summed E-state index contributed by atoms with van der Waals surface area (Å²) in [5, 5.41) is 2.91. The Morgan fingerprint density at radius 1 is 0.679 bits per heavy atom. The van der Waals surface area contributed by atoms with E-state index in [0.29, 0.717) is 12.3 Å². The van der Waals surface area contributed by atoms with Crippen LogP contribution in [0.2, 0.25) is 0 Å². The van der Waals surface area contributed by atoms with Crippen LogP contribution in [0.25, 0.3) is 0 Å². The normalized spacial score (nSPS) is 12.3. The van der Waals surface area contributed by atoms with E-state index in [-0.39, 0.29) is 17.7 Å². The minimum atomic E-state index is -0.302. The van der Waals surface area contributed by atoms with E-state index < -0.39 is 0 Å². The summed E-state index contributed by atoms with van der Waals surface area (Å²) in [4.78, 5) is 23.6. The van der Waals surface area contributed by atoms with Crippen molar-refractivity contribution in [1.29, 1.82) is 0 Å². The minimum Gasteiger partial charge on any atom is -0.346 e. The van der Waals surface area contributed by atoms with Crippen molar-refractivity contribution in [2.24, 2.45) is 5.92 Å². The summed E-state index contributed by atoms with van der Waals surface area (Å²) < 4.78 is 0. The predicted octanol–water partition coefficient (Wildman–Crippen LogP) is 7.37. The molecule has 1 N–H and O–H groups in total.